The first kappa shape index (κ1) is 17.3. The number of rotatable bonds is 6. The van der Waals surface area contributed by atoms with Gasteiger partial charge in [0.15, 0.2) is 0 Å². The van der Waals surface area contributed by atoms with Gasteiger partial charge in [-0.3, -0.25) is 10.1 Å². The summed E-state index contributed by atoms with van der Waals surface area (Å²) in [4.78, 5) is 18.5. The first-order valence-electron chi connectivity index (χ1n) is 7.74. The normalized spacial score (nSPS) is 10.4. The maximum Gasteiger partial charge on any atom is 0.290 e. The summed E-state index contributed by atoms with van der Waals surface area (Å²) in [6.45, 7) is 2.10. The highest BCUT2D eigenvalue weighted by Gasteiger charge is 2.11. The van der Waals surface area contributed by atoms with Gasteiger partial charge in [-0.15, -0.1) is 0 Å². The lowest BCUT2D eigenvalue weighted by molar-refractivity contribution is -0.385. The molecular weight excluding hydrogens is 339 g/mol. The third kappa shape index (κ3) is 4.29. The average molecular weight is 354 g/mol. The van der Waals surface area contributed by atoms with Crippen molar-refractivity contribution in [1.82, 2.24) is 9.97 Å². The number of nitrogens with one attached hydrogen (secondary N) is 1. The minimum atomic E-state index is -0.465. The lowest BCUT2D eigenvalue weighted by atomic mass is 10.2. The van der Waals surface area contributed by atoms with Gasteiger partial charge in [-0.1, -0.05) is 12.1 Å². The topological polar surface area (TPSA) is 90.2 Å². The highest BCUT2D eigenvalue weighted by molar-refractivity contribution is 5.47. The van der Waals surface area contributed by atoms with Crippen molar-refractivity contribution in [3.8, 4) is 11.6 Å². The Morgan fingerprint density at radius 1 is 1.19 bits per heavy atom. The van der Waals surface area contributed by atoms with Crippen LogP contribution in [0, 0.1) is 22.9 Å². The van der Waals surface area contributed by atoms with E-state index in [2.05, 4.69) is 15.3 Å². The molecule has 0 saturated heterocycles. The van der Waals surface area contributed by atoms with Crippen LogP contribution in [0.2, 0.25) is 0 Å². The molecular formula is C18H15FN4O3. The van der Waals surface area contributed by atoms with Gasteiger partial charge in [-0.25, -0.2) is 14.4 Å². The fourth-order valence-electron chi connectivity index (χ4n) is 2.26. The van der Waals surface area contributed by atoms with Gasteiger partial charge in [0.1, 0.15) is 23.6 Å². The van der Waals surface area contributed by atoms with E-state index >= 15 is 0 Å². The molecule has 2 heterocycles. The van der Waals surface area contributed by atoms with Crippen LogP contribution < -0.4 is 10.1 Å². The molecule has 1 N–H and O–H groups in total. The van der Waals surface area contributed by atoms with Crippen molar-refractivity contribution >= 4 is 11.5 Å². The molecule has 0 aliphatic heterocycles. The average Bonchev–Trinajstić information content (AvgIpc) is 2.61. The first-order chi connectivity index (χ1) is 12.5. The minimum Gasteiger partial charge on any atom is -0.439 e. The first-order valence-corrected chi connectivity index (χ1v) is 7.74. The molecule has 7 nitrogen and oxygen atoms in total. The molecule has 26 heavy (non-hydrogen) atoms. The fourth-order valence-corrected chi connectivity index (χ4v) is 2.26. The van der Waals surface area contributed by atoms with Crippen LogP contribution in [0.1, 0.15) is 11.1 Å². The van der Waals surface area contributed by atoms with E-state index in [0.29, 0.717) is 29.6 Å². The number of hydrogen-bond donors (Lipinski definition) is 1. The maximum atomic E-state index is 13.1. The SMILES string of the molecule is Cc1cc(NCc2ccc(Oc3cccc(F)c3)nc2)ncc1[N+](=O)[O-]. The lowest BCUT2D eigenvalue weighted by Crippen LogP contribution is -2.03. The summed E-state index contributed by atoms with van der Waals surface area (Å²) in [5.41, 5.74) is 1.38. The molecule has 3 rings (SSSR count). The molecule has 0 radical (unpaired) electrons. The summed E-state index contributed by atoms with van der Waals surface area (Å²) in [5.74, 6) is 0.875. The summed E-state index contributed by atoms with van der Waals surface area (Å²) >= 11 is 0. The van der Waals surface area contributed by atoms with Crippen LogP contribution in [0.3, 0.4) is 0 Å². The van der Waals surface area contributed by atoms with Crippen LogP contribution >= 0.6 is 0 Å². The Bertz CT molecular complexity index is 932. The number of nitrogens with zero attached hydrogens (tertiary/aromatic N) is 3. The predicted octanol–water partition coefficient (Wildman–Crippen LogP) is 4.24. The zero-order valence-corrected chi connectivity index (χ0v) is 13.8. The number of pyridine rings is 2. The number of benzene rings is 1. The van der Waals surface area contributed by atoms with Crippen LogP contribution in [0.4, 0.5) is 15.9 Å². The number of aryl methyl sites for hydroxylation is 1. The molecule has 3 aromatic rings. The molecule has 0 aliphatic rings. The van der Waals surface area contributed by atoms with Gasteiger partial charge in [0.2, 0.25) is 5.88 Å². The Hall–Kier alpha value is -3.55. The van der Waals surface area contributed by atoms with Crippen molar-refractivity contribution in [3.05, 3.63) is 81.9 Å². The van der Waals surface area contributed by atoms with Gasteiger partial charge >= 0.3 is 0 Å². The Morgan fingerprint density at radius 2 is 2.04 bits per heavy atom. The van der Waals surface area contributed by atoms with Gasteiger partial charge in [0, 0.05) is 30.4 Å². The zero-order valence-electron chi connectivity index (χ0n) is 13.8. The molecule has 0 spiro atoms. The van der Waals surface area contributed by atoms with Crippen molar-refractivity contribution in [2.75, 3.05) is 5.32 Å². The van der Waals surface area contributed by atoms with E-state index in [1.54, 1.807) is 37.4 Å². The number of nitro groups is 1. The maximum absolute atomic E-state index is 13.1. The second-order valence-corrected chi connectivity index (χ2v) is 5.53. The van der Waals surface area contributed by atoms with E-state index in [4.69, 9.17) is 4.74 Å². The van der Waals surface area contributed by atoms with E-state index in [-0.39, 0.29) is 11.5 Å². The molecule has 0 bridgehead atoms. The largest absolute Gasteiger partial charge is 0.439 e. The molecule has 132 valence electrons. The summed E-state index contributed by atoms with van der Waals surface area (Å²) < 4.78 is 18.6. The summed E-state index contributed by atoms with van der Waals surface area (Å²) in [6.07, 6.45) is 2.85. The van der Waals surface area contributed by atoms with E-state index in [1.807, 2.05) is 6.07 Å². The smallest absolute Gasteiger partial charge is 0.290 e. The summed E-state index contributed by atoms with van der Waals surface area (Å²) in [5, 5.41) is 13.9. The molecule has 2 aromatic heterocycles. The molecule has 8 heteroatoms. The molecule has 0 amide bonds. The standard InChI is InChI=1S/C18H15FN4O3/c1-12-7-17(21-11-16(12)23(24)25)20-9-13-5-6-18(22-10-13)26-15-4-2-3-14(19)8-15/h2-8,10-11H,9H2,1H3,(H,20,21). The Morgan fingerprint density at radius 3 is 2.69 bits per heavy atom. The number of ether oxygens (including phenoxy) is 1. The second kappa shape index (κ2) is 7.56. The highest BCUT2D eigenvalue weighted by atomic mass is 19.1. The summed E-state index contributed by atoms with van der Waals surface area (Å²) in [6, 6.07) is 10.9. The van der Waals surface area contributed by atoms with Gasteiger partial charge in [0.05, 0.1) is 4.92 Å². The molecule has 0 unspecified atom stereocenters. The van der Waals surface area contributed by atoms with Crippen LogP contribution in [-0.4, -0.2) is 14.9 Å². The molecule has 0 saturated carbocycles. The van der Waals surface area contributed by atoms with Crippen LogP contribution in [0.5, 0.6) is 11.6 Å². The second-order valence-electron chi connectivity index (χ2n) is 5.53. The number of anilines is 1. The molecule has 0 fully saturated rings. The monoisotopic (exact) mass is 354 g/mol. The molecule has 1 aromatic carbocycles. The lowest BCUT2D eigenvalue weighted by Gasteiger charge is -2.08. The van der Waals surface area contributed by atoms with E-state index in [1.165, 1.54) is 18.3 Å². The quantitative estimate of drug-likeness (QED) is 0.526. The third-order valence-corrected chi connectivity index (χ3v) is 3.57. The fraction of sp³-hybridized carbons (Fsp3) is 0.111. The minimum absolute atomic E-state index is 0.0175. The Kier molecular flexibility index (Phi) is 5.02. The van der Waals surface area contributed by atoms with Crippen LogP contribution in [0.15, 0.2) is 54.9 Å². The molecule has 0 atom stereocenters. The predicted molar refractivity (Wildman–Crippen MR) is 93.7 cm³/mol. The van der Waals surface area contributed by atoms with Gasteiger partial charge in [0.25, 0.3) is 5.69 Å². The van der Waals surface area contributed by atoms with Crippen LogP contribution in [-0.2, 0) is 6.54 Å². The summed E-state index contributed by atoms with van der Waals surface area (Å²) in [7, 11) is 0. The van der Waals surface area contributed by atoms with Crippen molar-refractivity contribution in [1.29, 1.82) is 0 Å². The zero-order chi connectivity index (χ0) is 18.5. The number of aromatic nitrogens is 2. The van der Waals surface area contributed by atoms with Gasteiger partial charge in [-0.2, -0.15) is 0 Å². The van der Waals surface area contributed by atoms with Crippen molar-refractivity contribution in [2.24, 2.45) is 0 Å². The Labute approximate surface area is 148 Å². The van der Waals surface area contributed by atoms with Gasteiger partial charge in [-0.05, 0) is 30.7 Å². The number of hydrogen-bond acceptors (Lipinski definition) is 6. The van der Waals surface area contributed by atoms with Crippen molar-refractivity contribution in [2.45, 2.75) is 13.5 Å². The van der Waals surface area contributed by atoms with E-state index < -0.39 is 4.92 Å². The Balaban J connectivity index is 1.61. The molecule has 0 aliphatic carbocycles. The van der Waals surface area contributed by atoms with E-state index in [9.17, 15) is 14.5 Å². The van der Waals surface area contributed by atoms with Crippen molar-refractivity contribution < 1.29 is 14.1 Å². The van der Waals surface area contributed by atoms with Crippen molar-refractivity contribution in [3.63, 3.8) is 0 Å². The van der Waals surface area contributed by atoms with Gasteiger partial charge < -0.3 is 10.1 Å². The highest BCUT2D eigenvalue weighted by Crippen LogP contribution is 2.21. The number of halogens is 1. The van der Waals surface area contributed by atoms with Crippen LogP contribution in [0.25, 0.3) is 0 Å². The van der Waals surface area contributed by atoms with E-state index in [0.717, 1.165) is 5.56 Å². The third-order valence-electron chi connectivity index (χ3n) is 3.57.